The highest BCUT2D eigenvalue weighted by Crippen LogP contribution is 2.23. The first-order valence-corrected chi connectivity index (χ1v) is 9.26. The molecule has 6 nitrogen and oxygen atoms in total. The summed E-state index contributed by atoms with van der Waals surface area (Å²) in [7, 11) is 3.94. The van der Waals surface area contributed by atoms with E-state index in [-0.39, 0.29) is 5.91 Å². The maximum Gasteiger partial charge on any atom is 0.256 e. The van der Waals surface area contributed by atoms with Gasteiger partial charge in [-0.25, -0.2) is 9.50 Å². The van der Waals surface area contributed by atoms with E-state index >= 15 is 0 Å². The lowest BCUT2D eigenvalue weighted by atomic mass is 10.0. The van der Waals surface area contributed by atoms with E-state index in [4.69, 9.17) is 11.6 Å². The summed E-state index contributed by atoms with van der Waals surface area (Å²) in [5.74, 6) is -0.156. The zero-order chi connectivity index (χ0) is 19.6. The molecule has 3 rings (SSSR count). The van der Waals surface area contributed by atoms with E-state index in [1.54, 1.807) is 10.7 Å². The Kier molecular flexibility index (Phi) is 5.77. The lowest BCUT2D eigenvalue weighted by Crippen LogP contribution is -2.31. The van der Waals surface area contributed by atoms with Crippen molar-refractivity contribution in [3.05, 3.63) is 63.6 Å². The molecule has 0 fully saturated rings. The monoisotopic (exact) mass is 385 g/mol. The summed E-state index contributed by atoms with van der Waals surface area (Å²) in [4.78, 5) is 19.2. The Hall–Kier alpha value is -2.44. The Morgan fingerprint density at radius 1 is 1.26 bits per heavy atom. The van der Waals surface area contributed by atoms with Crippen molar-refractivity contribution in [2.75, 3.05) is 27.2 Å². The number of hydrogen-bond acceptors (Lipinski definition) is 4. The molecule has 7 heteroatoms. The second kappa shape index (κ2) is 8.06. The number of hydrogen-bond donors (Lipinski definition) is 1. The molecule has 2 aromatic heterocycles. The van der Waals surface area contributed by atoms with Crippen LogP contribution in [0.3, 0.4) is 0 Å². The third-order valence-electron chi connectivity index (χ3n) is 4.62. The van der Waals surface area contributed by atoms with Crippen molar-refractivity contribution in [2.45, 2.75) is 20.3 Å². The molecule has 0 atom stereocenters. The predicted octanol–water partition coefficient (Wildman–Crippen LogP) is 2.88. The summed E-state index contributed by atoms with van der Waals surface area (Å²) < 4.78 is 1.74. The highest BCUT2D eigenvalue weighted by atomic mass is 35.5. The minimum absolute atomic E-state index is 0.156. The Morgan fingerprint density at radius 3 is 2.70 bits per heavy atom. The van der Waals surface area contributed by atoms with Crippen molar-refractivity contribution < 1.29 is 4.79 Å². The van der Waals surface area contributed by atoms with Crippen LogP contribution in [0.4, 0.5) is 0 Å². The van der Waals surface area contributed by atoms with Gasteiger partial charge in [-0.05, 0) is 45.1 Å². The van der Waals surface area contributed by atoms with Gasteiger partial charge in [-0.1, -0.05) is 29.8 Å². The second-order valence-electron chi connectivity index (χ2n) is 6.88. The number of fused-ring (bicyclic) bond motifs is 1. The second-order valence-corrected chi connectivity index (χ2v) is 7.29. The number of nitrogens with one attached hydrogen (secondary N) is 1. The van der Waals surface area contributed by atoms with Crippen LogP contribution in [-0.4, -0.2) is 52.6 Å². The first-order chi connectivity index (χ1) is 12.9. The molecular formula is C20H24ClN5O. The van der Waals surface area contributed by atoms with Gasteiger partial charge >= 0.3 is 0 Å². The molecule has 0 aliphatic carbocycles. The molecule has 0 unspecified atom stereocenters. The van der Waals surface area contributed by atoms with Crippen molar-refractivity contribution in [1.82, 2.24) is 24.8 Å². The lowest BCUT2D eigenvalue weighted by Gasteiger charge is -2.13. The smallest absolute Gasteiger partial charge is 0.256 e. The molecule has 1 aromatic carbocycles. The maximum atomic E-state index is 12.5. The van der Waals surface area contributed by atoms with Crippen LogP contribution in [0, 0.1) is 13.8 Å². The van der Waals surface area contributed by atoms with E-state index in [2.05, 4.69) is 15.4 Å². The van der Waals surface area contributed by atoms with Crippen molar-refractivity contribution in [1.29, 1.82) is 0 Å². The first kappa shape index (κ1) is 19.3. The third-order valence-corrected chi connectivity index (χ3v) is 4.99. The topological polar surface area (TPSA) is 62.5 Å². The number of benzene rings is 1. The molecule has 3 aromatic rings. The predicted molar refractivity (Wildman–Crippen MR) is 108 cm³/mol. The molecule has 0 radical (unpaired) electrons. The molecule has 1 amide bonds. The summed E-state index contributed by atoms with van der Waals surface area (Å²) in [6.07, 6.45) is 2.25. The van der Waals surface area contributed by atoms with Gasteiger partial charge in [0.2, 0.25) is 0 Å². The Morgan fingerprint density at radius 2 is 2.00 bits per heavy atom. The Balaban J connectivity index is 1.92. The summed E-state index contributed by atoms with van der Waals surface area (Å²) in [5, 5.41) is 8.05. The lowest BCUT2D eigenvalue weighted by molar-refractivity contribution is 0.0952. The van der Waals surface area contributed by atoms with Crippen LogP contribution in [0.1, 0.15) is 32.9 Å². The molecular weight excluding hydrogens is 362 g/mol. The van der Waals surface area contributed by atoms with Crippen molar-refractivity contribution in [2.24, 2.45) is 0 Å². The number of nitrogens with zero attached hydrogens (tertiary/aromatic N) is 4. The summed E-state index contributed by atoms with van der Waals surface area (Å²) in [6, 6.07) is 7.79. The van der Waals surface area contributed by atoms with Gasteiger partial charge in [0.25, 0.3) is 5.91 Å². The normalized spacial score (nSPS) is 11.3. The van der Waals surface area contributed by atoms with Gasteiger partial charge in [-0.15, -0.1) is 0 Å². The molecule has 0 aliphatic heterocycles. The van der Waals surface area contributed by atoms with E-state index in [9.17, 15) is 4.79 Å². The summed E-state index contributed by atoms with van der Waals surface area (Å²) in [6.45, 7) is 5.30. The quantitative estimate of drug-likeness (QED) is 0.708. The fraction of sp³-hybridized carbons (Fsp3) is 0.350. The average molecular weight is 386 g/mol. The number of rotatable bonds is 6. The van der Waals surface area contributed by atoms with Crippen LogP contribution in [0.5, 0.6) is 0 Å². The fourth-order valence-electron chi connectivity index (χ4n) is 3.05. The van der Waals surface area contributed by atoms with E-state index in [1.165, 1.54) is 0 Å². The van der Waals surface area contributed by atoms with Gasteiger partial charge in [0.15, 0.2) is 5.65 Å². The van der Waals surface area contributed by atoms with Crippen molar-refractivity contribution in [3.63, 3.8) is 0 Å². The number of amides is 1. The van der Waals surface area contributed by atoms with Crippen LogP contribution < -0.4 is 5.32 Å². The van der Waals surface area contributed by atoms with Gasteiger partial charge in [0, 0.05) is 35.9 Å². The van der Waals surface area contributed by atoms with E-state index in [1.807, 2.05) is 57.1 Å². The van der Waals surface area contributed by atoms with Gasteiger partial charge in [-0.3, -0.25) is 4.79 Å². The van der Waals surface area contributed by atoms with Crippen LogP contribution >= 0.6 is 11.6 Å². The molecule has 142 valence electrons. The highest BCUT2D eigenvalue weighted by molar-refractivity contribution is 6.31. The highest BCUT2D eigenvalue weighted by Gasteiger charge is 2.18. The van der Waals surface area contributed by atoms with E-state index in [0.29, 0.717) is 24.2 Å². The molecule has 1 N–H and O–H groups in total. The number of carbonyl (C=O) groups is 1. The molecule has 0 aliphatic rings. The van der Waals surface area contributed by atoms with Crippen LogP contribution in [0.15, 0.2) is 30.5 Å². The number of halogens is 1. The molecule has 0 bridgehead atoms. The third kappa shape index (κ3) is 4.12. The maximum absolute atomic E-state index is 12.5. The summed E-state index contributed by atoms with van der Waals surface area (Å²) >= 11 is 6.31. The number of aryl methyl sites for hydroxylation is 2. The fourth-order valence-corrected chi connectivity index (χ4v) is 3.25. The first-order valence-electron chi connectivity index (χ1n) is 8.88. The molecule has 27 heavy (non-hydrogen) atoms. The Labute approximate surface area is 164 Å². The van der Waals surface area contributed by atoms with Crippen LogP contribution in [-0.2, 0) is 6.42 Å². The standard InChI is InChI=1S/C20H24ClN5O/c1-13-16(11-15-7-5-6-8-18(15)21)14(2)26-19(24-13)17(12-23-26)20(27)22-9-10-25(3)4/h5-8,12H,9-11H2,1-4H3,(H,22,27). The molecule has 0 saturated carbocycles. The molecule has 0 spiro atoms. The van der Waals surface area contributed by atoms with Crippen molar-refractivity contribution in [3.8, 4) is 0 Å². The van der Waals surface area contributed by atoms with E-state index < -0.39 is 0 Å². The largest absolute Gasteiger partial charge is 0.351 e. The summed E-state index contributed by atoms with van der Waals surface area (Å²) in [5.41, 5.74) is 5.02. The zero-order valence-electron chi connectivity index (χ0n) is 16.1. The number of carbonyl (C=O) groups excluding carboxylic acids is 1. The molecule has 2 heterocycles. The van der Waals surface area contributed by atoms with Gasteiger partial charge < -0.3 is 10.2 Å². The SMILES string of the molecule is Cc1nc2c(C(=O)NCCN(C)C)cnn2c(C)c1Cc1ccccc1Cl. The molecule has 0 saturated heterocycles. The minimum Gasteiger partial charge on any atom is -0.351 e. The van der Waals surface area contributed by atoms with Gasteiger partial charge in [0.1, 0.15) is 5.56 Å². The minimum atomic E-state index is -0.156. The zero-order valence-corrected chi connectivity index (χ0v) is 16.8. The average Bonchev–Trinajstić information content (AvgIpc) is 3.03. The van der Waals surface area contributed by atoms with Gasteiger partial charge in [-0.2, -0.15) is 5.10 Å². The van der Waals surface area contributed by atoms with Crippen molar-refractivity contribution >= 4 is 23.2 Å². The van der Waals surface area contributed by atoms with Gasteiger partial charge in [0.05, 0.1) is 6.20 Å². The van der Waals surface area contributed by atoms with Crippen LogP contribution in [0.2, 0.25) is 5.02 Å². The van der Waals surface area contributed by atoms with E-state index in [0.717, 1.165) is 34.1 Å². The Bertz CT molecular complexity index is 980. The number of aromatic nitrogens is 3. The van der Waals surface area contributed by atoms with Crippen LogP contribution in [0.25, 0.3) is 5.65 Å². The number of likely N-dealkylation sites (N-methyl/N-ethyl adjacent to an activating group) is 1.